The molecule has 0 saturated heterocycles. The molecule has 0 spiro atoms. The third kappa shape index (κ3) is 5.90. The van der Waals surface area contributed by atoms with Crippen LogP contribution in [-0.2, 0) is 9.53 Å². The van der Waals surface area contributed by atoms with Crippen molar-refractivity contribution >= 4 is 11.9 Å². The van der Waals surface area contributed by atoms with Gasteiger partial charge in [0.25, 0.3) is 0 Å². The second-order valence-electron chi connectivity index (χ2n) is 3.41. The van der Waals surface area contributed by atoms with Gasteiger partial charge in [-0.15, -0.1) is 0 Å². The lowest BCUT2D eigenvalue weighted by Crippen LogP contribution is -2.34. The van der Waals surface area contributed by atoms with E-state index in [2.05, 4.69) is 9.73 Å². The Hall–Kier alpha value is -1.30. The van der Waals surface area contributed by atoms with Gasteiger partial charge in [-0.05, 0) is 12.3 Å². The van der Waals surface area contributed by atoms with Gasteiger partial charge >= 0.3 is 5.97 Å². The number of aliphatic imine (C=N–C) groups is 1. The fraction of sp³-hybridized carbons (Fsp3) is 0.778. The van der Waals surface area contributed by atoms with Crippen LogP contribution in [0.5, 0.6) is 0 Å². The summed E-state index contributed by atoms with van der Waals surface area (Å²) in [6, 6.07) is -0.603. The zero-order chi connectivity index (χ0) is 11.8. The van der Waals surface area contributed by atoms with E-state index in [1.165, 1.54) is 7.11 Å². The summed E-state index contributed by atoms with van der Waals surface area (Å²) in [5.41, 5.74) is 16.1. The maximum absolute atomic E-state index is 11.1. The van der Waals surface area contributed by atoms with E-state index >= 15 is 0 Å². The molecule has 0 rings (SSSR count). The number of methoxy groups -OCH3 is 1. The predicted octanol–water partition coefficient (Wildman–Crippen LogP) is -0.824. The Balaban J connectivity index is 4.09. The molecule has 0 aliphatic carbocycles. The van der Waals surface area contributed by atoms with Crippen LogP contribution in [0.1, 0.15) is 19.8 Å². The van der Waals surface area contributed by atoms with Crippen molar-refractivity contribution in [1.29, 1.82) is 0 Å². The van der Waals surface area contributed by atoms with Crippen LogP contribution in [0.3, 0.4) is 0 Å². The molecule has 1 unspecified atom stereocenters. The van der Waals surface area contributed by atoms with Crippen LogP contribution in [0, 0.1) is 5.92 Å². The van der Waals surface area contributed by atoms with Gasteiger partial charge in [0.1, 0.15) is 6.04 Å². The molecule has 6 heteroatoms. The van der Waals surface area contributed by atoms with Gasteiger partial charge in [0.15, 0.2) is 5.96 Å². The summed E-state index contributed by atoms with van der Waals surface area (Å²) in [5.74, 6) is -0.153. The predicted molar refractivity (Wildman–Crippen MR) is 59.1 cm³/mol. The molecule has 6 nitrogen and oxygen atoms in total. The van der Waals surface area contributed by atoms with Crippen molar-refractivity contribution in [2.45, 2.75) is 25.8 Å². The van der Waals surface area contributed by atoms with Crippen LogP contribution in [-0.4, -0.2) is 31.6 Å². The largest absolute Gasteiger partial charge is 0.468 e. The smallest absolute Gasteiger partial charge is 0.322 e. The van der Waals surface area contributed by atoms with Crippen LogP contribution in [0.4, 0.5) is 0 Å². The molecule has 0 aromatic rings. The van der Waals surface area contributed by atoms with Crippen molar-refractivity contribution < 1.29 is 9.53 Å². The summed E-state index contributed by atoms with van der Waals surface area (Å²) >= 11 is 0. The number of rotatable bonds is 6. The average Bonchev–Trinajstić information content (AvgIpc) is 2.22. The fourth-order valence-corrected chi connectivity index (χ4v) is 1.21. The molecular weight excluding hydrogens is 196 g/mol. The van der Waals surface area contributed by atoms with Gasteiger partial charge in [-0.3, -0.25) is 9.79 Å². The van der Waals surface area contributed by atoms with Crippen molar-refractivity contribution in [2.24, 2.45) is 28.1 Å². The quantitative estimate of drug-likeness (QED) is 0.304. The second kappa shape index (κ2) is 7.05. The third-order valence-electron chi connectivity index (χ3n) is 2.20. The topological polar surface area (TPSA) is 117 Å². The van der Waals surface area contributed by atoms with Crippen LogP contribution in [0.2, 0.25) is 0 Å². The average molecular weight is 216 g/mol. The molecule has 0 bridgehead atoms. The monoisotopic (exact) mass is 216 g/mol. The number of carbonyl (C=O) groups is 1. The van der Waals surface area contributed by atoms with Crippen LogP contribution in [0.25, 0.3) is 0 Å². The molecule has 88 valence electrons. The molecule has 0 amide bonds. The number of guanidine groups is 1. The molecule has 0 aromatic carbocycles. The van der Waals surface area contributed by atoms with Gasteiger partial charge in [-0.1, -0.05) is 13.3 Å². The molecule has 6 N–H and O–H groups in total. The number of esters is 1. The van der Waals surface area contributed by atoms with Gasteiger partial charge < -0.3 is 21.9 Å². The van der Waals surface area contributed by atoms with Crippen molar-refractivity contribution in [3.8, 4) is 0 Å². The Bertz CT molecular complexity index is 226. The lowest BCUT2D eigenvalue weighted by molar-refractivity contribution is -0.142. The molecule has 2 atom stereocenters. The van der Waals surface area contributed by atoms with Crippen LogP contribution in [0.15, 0.2) is 4.99 Å². The van der Waals surface area contributed by atoms with Gasteiger partial charge in [-0.2, -0.15) is 0 Å². The Morgan fingerprint density at radius 3 is 2.47 bits per heavy atom. The summed E-state index contributed by atoms with van der Waals surface area (Å²) in [6.07, 6.45) is 1.39. The van der Waals surface area contributed by atoms with Crippen molar-refractivity contribution in [1.82, 2.24) is 0 Å². The molecule has 0 heterocycles. The first-order chi connectivity index (χ1) is 7.01. The normalized spacial score (nSPS) is 14.1. The van der Waals surface area contributed by atoms with E-state index in [9.17, 15) is 4.79 Å². The SMILES string of the molecule is CCC(CN=C(N)N)C[C@H](N)C(=O)OC. The number of ether oxygens (including phenoxy) is 1. The van der Waals surface area contributed by atoms with E-state index in [-0.39, 0.29) is 11.9 Å². The second-order valence-corrected chi connectivity index (χ2v) is 3.41. The number of hydrogen-bond acceptors (Lipinski definition) is 4. The minimum Gasteiger partial charge on any atom is -0.468 e. The summed E-state index contributed by atoms with van der Waals surface area (Å²) in [7, 11) is 1.32. The van der Waals surface area contributed by atoms with E-state index in [1.54, 1.807) is 0 Å². The molecule has 0 aliphatic rings. The highest BCUT2D eigenvalue weighted by Gasteiger charge is 2.18. The maximum Gasteiger partial charge on any atom is 0.322 e. The molecule has 0 saturated carbocycles. The summed E-state index contributed by atoms with van der Waals surface area (Å²) in [4.78, 5) is 15.0. The molecule has 0 fully saturated rings. The van der Waals surface area contributed by atoms with Gasteiger partial charge in [0, 0.05) is 6.54 Å². The molecule has 0 aliphatic heterocycles. The number of hydrogen-bond donors (Lipinski definition) is 3. The van der Waals surface area contributed by atoms with Crippen molar-refractivity contribution in [2.75, 3.05) is 13.7 Å². The lowest BCUT2D eigenvalue weighted by Gasteiger charge is -2.16. The van der Waals surface area contributed by atoms with E-state index in [0.717, 1.165) is 6.42 Å². The van der Waals surface area contributed by atoms with Crippen molar-refractivity contribution in [3.63, 3.8) is 0 Å². The van der Waals surface area contributed by atoms with E-state index in [1.807, 2.05) is 6.92 Å². The number of carbonyl (C=O) groups excluding carboxylic acids is 1. The first-order valence-corrected chi connectivity index (χ1v) is 4.90. The highest BCUT2D eigenvalue weighted by atomic mass is 16.5. The van der Waals surface area contributed by atoms with Crippen LogP contribution >= 0.6 is 0 Å². The minimum atomic E-state index is -0.603. The minimum absolute atomic E-state index is 0.0556. The Morgan fingerprint density at radius 1 is 1.47 bits per heavy atom. The molecular formula is C9H20N4O2. The zero-order valence-corrected chi connectivity index (χ0v) is 9.27. The van der Waals surface area contributed by atoms with Gasteiger partial charge in [0.2, 0.25) is 0 Å². The van der Waals surface area contributed by atoms with Gasteiger partial charge in [0.05, 0.1) is 7.11 Å². The third-order valence-corrected chi connectivity index (χ3v) is 2.20. The first kappa shape index (κ1) is 13.7. The van der Waals surface area contributed by atoms with Crippen molar-refractivity contribution in [3.05, 3.63) is 0 Å². The maximum atomic E-state index is 11.1. The van der Waals surface area contributed by atoms with E-state index in [0.29, 0.717) is 13.0 Å². The first-order valence-electron chi connectivity index (χ1n) is 4.90. The Kier molecular flexibility index (Phi) is 6.44. The summed E-state index contributed by atoms with van der Waals surface area (Å²) in [5, 5.41) is 0. The molecule has 0 radical (unpaired) electrons. The summed E-state index contributed by atoms with van der Waals surface area (Å²) < 4.78 is 4.53. The Labute approximate surface area is 89.8 Å². The molecule has 0 aromatic heterocycles. The highest BCUT2D eigenvalue weighted by Crippen LogP contribution is 2.11. The van der Waals surface area contributed by atoms with Gasteiger partial charge in [-0.25, -0.2) is 0 Å². The Morgan fingerprint density at radius 2 is 2.07 bits per heavy atom. The van der Waals surface area contributed by atoms with E-state index in [4.69, 9.17) is 17.2 Å². The zero-order valence-electron chi connectivity index (χ0n) is 9.27. The summed E-state index contributed by atoms with van der Waals surface area (Å²) in [6.45, 7) is 2.49. The fourth-order valence-electron chi connectivity index (χ4n) is 1.21. The highest BCUT2D eigenvalue weighted by molar-refractivity contribution is 5.76. The van der Waals surface area contributed by atoms with E-state index < -0.39 is 12.0 Å². The molecule has 15 heavy (non-hydrogen) atoms. The van der Waals surface area contributed by atoms with Crippen LogP contribution < -0.4 is 17.2 Å². The number of nitrogens with zero attached hydrogens (tertiary/aromatic N) is 1. The standard InChI is InChI=1S/C9H20N4O2/c1-3-6(5-13-9(11)12)4-7(10)8(14)15-2/h6-7H,3-5,10H2,1-2H3,(H4,11,12,13)/t6?,7-/m0/s1. The lowest BCUT2D eigenvalue weighted by atomic mass is 9.98. The number of nitrogens with two attached hydrogens (primary N) is 3.